The van der Waals surface area contributed by atoms with Gasteiger partial charge in [-0.1, -0.05) is 18.5 Å². The van der Waals surface area contributed by atoms with Gasteiger partial charge in [0.1, 0.15) is 5.75 Å². The van der Waals surface area contributed by atoms with Gasteiger partial charge in [0.05, 0.1) is 33.8 Å². The second kappa shape index (κ2) is 9.29. The molecule has 3 rings (SSSR count). The number of ether oxygens (including phenoxy) is 1. The molecule has 1 fully saturated rings. The molecule has 0 bridgehead atoms. The molecule has 2 aromatic rings. The minimum Gasteiger partial charge on any atom is -0.496 e. The molecule has 0 saturated carbocycles. The Bertz CT molecular complexity index is 1110. The topological polar surface area (TPSA) is 75.7 Å². The molecule has 11 heteroatoms. The number of piperidine rings is 1. The number of nitrogens with zero attached hydrogens (tertiary/aromatic N) is 1. The van der Waals surface area contributed by atoms with E-state index in [1.807, 2.05) is 0 Å². The van der Waals surface area contributed by atoms with E-state index >= 15 is 0 Å². The summed E-state index contributed by atoms with van der Waals surface area (Å²) in [5, 5.41) is 2.22. The van der Waals surface area contributed by atoms with Crippen LogP contribution in [0.1, 0.15) is 35.7 Å². The lowest BCUT2D eigenvalue weighted by molar-refractivity contribution is -0.137. The summed E-state index contributed by atoms with van der Waals surface area (Å²) in [4.78, 5) is 12.8. The Kier molecular flexibility index (Phi) is 7.06. The van der Waals surface area contributed by atoms with Crippen LogP contribution in [0.25, 0.3) is 0 Å². The lowest BCUT2D eigenvalue weighted by Gasteiger charge is -2.29. The number of benzene rings is 2. The Hall–Kier alpha value is -2.30. The van der Waals surface area contributed by atoms with Crippen molar-refractivity contribution in [3.8, 4) is 5.75 Å². The van der Waals surface area contributed by atoms with Crippen molar-refractivity contribution in [3.63, 3.8) is 0 Å². The molecule has 2 aromatic carbocycles. The van der Waals surface area contributed by atoms with E-state index in [0.29, 0.717) is 25.1 Å². The predicted molar refractivity (Wildman–Crippen MR) is 115 cm³/mol. The molecule has 0 atom stereocenters. The fourth-order valence-corrected chi connectivity index (χ4v) is 5.05. The minimum absolute atomic E-state index is 0.0665. The summed E-state index contributed by atoms with van der Waals surface area (Å²) in [7, 11) is -2.56. The average molecular weight is 491 g/mol. The normalized spacial score (nSPS) is 16.1. The first-order valence-corrected chi connectivity index (χ1v) is 11.6. The van der Waals surface area contributed by atoms with Gasteiger partial charge in [0.25, 0.3) is 5.91 Å². The molecule has 0 radical (unpaired) electrons. The number of nitrogens with one attached hydrogen (secondary N) is 1. The van der Waals surface area contributed by atoms with Crippen molar-refractivity contribution in [1.29, 1.82) is 0 Å². The van der Waals surface area contributed by atoms with Crippen LogP contribution in [0.5, 0.6) is 5.75 Å². The summed E-state index contributed by atoms with van der Waals surface area (Å²) in [6.45, 7) is 2.80. The monoisotopic (exact) mass is 490 g/mol. The first-order valence-electron chi connectivity index (χ1n) is 9.79. The Morgan fingerprint density at radius 3 is 2.41 bits per heavy atom. The van der Waals surface area contributed by atoms with Crippen LogP contribution in [0.2, 0.25) is 5.02 Å². The molecule has 0 aliphatic carbocycles. The number of carbonyl (C=O) groups is 1. The molecular formula is C21H22ClF3N2O4S. The van der Waals surface area contributed by atoms with Crippen LogP contribution in [0.15, 0.2) is 41.3 Å². The summed E-state index contributed by atoms with van der Waals surface area (Å²) < 4.78 is 71.7. The van der Waals surface area contributed by atoms with Gasteiger partial charge in [0, 0.05) is 13.1 Å². The molecule has 1 saturated heterocycles. The van der Waals surface area contributed by atoms with Gasteiger partial charge < -0.3 is 10.1 Å². The number of carbonyl (C=O) groups excluding carboxylic acids is 1. The minimum atomic E-state index is -4.62. The van der Waals surface area contributed by atoms with E-state index in [9.17, 15) is 26.4 Å². The summed E-state index contributed by atoms with van der Waals surface area (Å²) >= 11 is 5.95. The second-order valence-corrected chi connectivity index (χ2v) is 9.94. The molecule has 0 aromatic heterocycles. The Morgan fingerprint density at radius 2 is 1.81 bits per heavy atom. The number of amides is 1. The molecule has 1 heterocycles. The van der Waals surface area contributed by atoms with Gasteiger partial charge in [0.15, 0.2) is 0 Å². The Balaban J connectivity index is 1.93. The number of methoxy groups -OCH3 is 1. The number of alkyl halides is 3. The van der Waals surface area contributed by atoms with Crippen LogP contribution in [-0.4, -0.2) is 38.8 Å². The van der Waals surface area contributed by atoms with Crippen LogP contribution in [0, 0.1) is 5.92 Å². The van der Waals surface area contributed by atoms with Crippen molar-refractivity contribution in [2.75, 3.05) is 25.5 Å². The molecule has 0 spiro atoms. The van der Waals surface area contributed by atoms with Crippen molar-refractivity contribution in [2.45, 2.75) is 30.8 Å². The van der Waals surface area contributed by atoms with E-state index in [-0.39, 0.29) is 26.9 Å². The maximum Gasteiger partial charge on any atom is 0.416 e. The van der Waals surface area contributed by atoms with Gasteiger partial charge in [-0.3, -0.25) is 4.79 Å². The highest BCUT2D eigenvalue weighted by Gasteiger charge is 2.32. The van der Waals surface area contributed by atoms with E-state index in [2.05, 4.69) is 12.2 Å². The largest absolute Gasteiger partial charge is 0.496 e. The SMILES string of the molecule is COc1ccc(S(=O)(=O)N2CCC(C)CC2)cc1C(=O)Nc1cc(C(F)(F)F)ccc1Cl. The Morgan fingerprint density at radius 1 is 1.16 bits per heavy atom. The molecule has 0 unspecified atom stereocenters. The molecule has 1 aliphatic rings. The van der Waals surface area contributed by atoms with Crippen LogP contribution in [0.3, 0.4) is 0 Å². The van der Waals surface area contributed by atoms with Gasteiger partial charge in [-0.05, 0) is 55.2 Å². The third-order valence-electron chi connectivity index (χ3n) is 5.34. The van der Waals surface area contributed by atoms with Crippen LogP contribution in [0.4, 0.5) is 18.9 Å². The van der Waals surface area contributed by atoms with Gasteiger partial charge in [-0.2, -0.15) is 17.5 Å². The fourth-order valence-electron chi connectivity index (χ4n) is 3.39. The number of hydrogen-bond acceptors (Lipinski definition) is 4. The van der Waals surface area contributed by atoms with Crippen LogP contribution >= 0.6 is 11.6 Å². The highest BCUT2D eigenvalue weighted by Crippen LogP contribution is 2.34. The molecule has 32 heavy (non-hydrogen) atoms. The van der Waals surface area contributed by atoms with Crippen molar-refractivity contribution < 1.29 is 31.1 Å². The number of hydrogen-bond donors (Lipinski definition) is 1. The molecule has 1 N–H and O–H groups in total. The third-order valence-corrected chi connectivity index (χ3v) is 7.56. The van der Waals surface area contributed by atoms with Crippen LogP contribution < -0.4 is 10.1 Å². The molecule has 1 amide bonds. The van der Waals surface area contributed by atoms with Gasteiger partial charge >= 0.3 is 6.18 Å². The van der Waals surface area contributed by atoms with Gasteiger partial charge in [-0.25, -0.2) is 8.42 Å². The molecule has 1 aliphatic heterocycles. The number of anilines is 1. The summed E-state index contributed by atoms with van der Waals surface area (Å²) in [6, 6.07) is 6.36. The zero-order valence-corrected chi connectivity index (χ0v) is 18.9. The quantitative estimate of drug-likeness (QED) is 0.637. The highest BCUT2D eigenvalue weighted by atomic mass is 35.5. The summed E-state index contributed by atoms with van der Waals surface area (Å²) in [5.74, 6) is -0.361. The molecule has 174 valence electrons. The summed E-state index contributed by atoms with van der Waals surface area (Å²) in [5.41, 5.74) is -1.39. The fraction of sp³-hybridized carbons (Fsp3) is 0.381. The number of sulfonamides is 1. The lowest BCUT2D eigenvalue weighted by Crippen LogP contribution is -2.37. The first-order chi connectivity index (χ1) is 14.9. The number of halogens is 4. The smallest absolute Gasteiger partial charge is 0.416 e. The second-order valence-electron chi connectivity index (χ2n) is 7.60. The standard InChI is InChI=1S/C21H22ClF3N2O4S/c1-13-7-9-27(10-8-13)32(29,30)15-4-6-19(31-2)16(12-15)20(28)26-18-11-14(21(23,24)25)3-5-17(18)22/h3-6,11-13H,7-10H2,1-2H3,(H,26,28). The summed E-state index contributed by atoms with van der Waals surface area (Å²) in [6.07, 6.45) is -3.16. The van der Waals surface area contributed by atoms with Crippen molar-refractivity contribution in [2.24, 2.45) is 5.92 Å². The van der Waals surface area contributed by atoms with Crippen molar-refractivity contribution in [1.82, 2.24) is 4.31 Å². The molecule has 6 nitrogen and oxygen atoms in total. The van der Waals surface area contributed by atoms with E-state index in [4.69, 9.17) is 16.3 Å². The van der Waals surface area contributed by atoms with Crippen LogP contribution in [-0.2, 0) is 16.2 Å². The molecular weight excluding hydrogens is 469 g/mol. The van der Waals surface area contributed by atoms with Crippen molar-refractivity contribution in [3.05, 3.63) is 52.5 Å². The maximum atomic E-state index is 13.0. The lowest BCUT2D eigenvalue weighted by atomic mass is 10.0. The average Bonchev–Trinajstić information content (AvgIpc) is 2.74. The predicted octanol–water partition coefficient (Wildman–Crippen LogP) is 5.04. The van der Waals surface area contributed by atoms with Gasteiger partial charge in [0.2, 0.25) is 10.0 Å². The number of rotatable bonds is 5. The van der Waals surface area contributed by atoms with Gasteiger partial charge in [-0.15, -0.1) is 0 Å². The maximum absolute atomic E-state index is 13.0. The van der Waals surface area contributed by atoms with E-state index in [0.717, 1.165) is 31.0 Å². The Labute approximate surface area is 189 Å². The third kappa shape index (κ3) is 5.19. The van der Waals surface area contributed by atoms with E-state index in [1.54, 1.807) is 0 Å². The first kappa shape index (κ1) is 24.3. The van der Waals surface area contributed by atoms with E-state index < -0.39 is 27.7 Å². The van der Waals surface area contributed by atoms with E-state index in [1.165, 1.54) is 23.5 Å². The van der Waals surface area contributed by atoms with Crippen molar-refractivity contribution >= 4 is 33.2 Å². The zero-order chi connectivity index (χ0) is 23.7. The zero-order valence-electron chi connectivity index (χ0n) is 17.4. The highest BCUT2D eigenvalue weighted by molar-refractivity contribution is 7.89.